The zero-order valence-corrected chi connectivity index (χ0v) is 19.5. The molecule has 0 bridgehead atoms. The fraction of sp³-hybridized carbons (Fsp3) is 0.440. The van der Waals surface area contributed by atoms with Crippen LogP contribution in [0.5, 0.6) is 11.5 Å². The molecule has 9 nitrogen and oxygen atoms in total. The highest BCUT2D eigenvalue weighted by atomic mass is 16.5. The van der Waals surface area contributed by atoms with Crippen LogP contribution in [0.4, 0.5) is 5.69 Å². The Bertz CT molecular complexity index is 1310. The van der Waals surface area contributed by atoms with Crippen LogP contribution >= 0.6 is 0 Å². The standard InChI is InChI=1S/C25H31N5O4/c1-15-12-28(13-19(15)20(26)14-34-17-6-4-3-5-7-17)21-11-10-18-22(23(21)33-2)29(16-8-9-16)25(32)30(27)24(18)31/h3-7,10-11,15-16,19-20H,8-9,12-14,26-27H2,1-2H3. The molecule has 1 aliphatic carbocycles. The Hall–Kier alpha value is -3.46. The molecule has 0 amide bonds. The van der Waals surface area contributed by atoms with Crippen molar-refractivity contribution in [3.63, 3.8) is 0 Å². The second-order valence-electron chi connectivity index (χ2n) is 9.41. The maximum atomic E-state index is 12.9. The third kappa shape index (κ3) is 3.79. The topological polar surface area (TPSA) is 118 Å². The van der Waals surface area contributed by atoms with E-state index in [0.717, 1.165) is 37.4 Å². The fourth-order valence-corrected chi connectivity index (χ4v) is 5.10. The first-order valence-electron chi connectivity index (χ1n) is 11.7. The fourth-order valence-electron chi connectivity index (χ4n) is 5.10. The third-order valence-electron chi connectivity index (χ3n) is 7.08. The number of para-hydroxylation sites is 1. The van der Waals surface area contributed by atoms with Gasteiger partial charge in [0.25, 0.3) is 5.56 Å². The molecule has 9 heteroatoms. The van der Waals surface area contributed by atoms with Crippen molar-refractivity contribution >= 4 is 16.6 Å². The molecular weight excluding hydrogens is 434 g/mol. The summed E-state index contributed by atoms with van der Waals surface area (Å²) in [6, 6.07) is 13.2. The van der Waals surface area contributed by atoms with Gasteiger partial charge in [-0.1, -0.05) is 25.1 Å². The SMILES string of the molecule is COc1c(N2CC(C)C(C(N)COc3ccccc3)C2)ccc2c(=O)n(N)c(=O)n(C3CC3)c12. The molecule has 3 atom stereocenters. The lowest BCUT2D eigenvalue weighted by molar-refractivity contribution is 0.233. The second kappa shape index (κ2) is 8.72. The summed E-state index contributed by atoms with van der Waals surface area (Å²) in [5.41, 5.74) is 6.90. The van der Waals surface area contributed by atoms with Gasteiger partial charge in [0, 0.05) is 25.2 Å². The molecule has 3 unspecified atom stereocenters. The molecule has 2 aliphatic rings. The number of fused-ring (bicyclic) bond motifs is 1. The number of benzene rings is 2. The van der Waals surface area contributed by atoms with Crippen LogP contribution in [0, 0.1) is 11.8 Å². The first kappa shape index (κ1) is 22.3. The lowest BCUT2D eigenvalue weighted by Crippen LogP contribution is -2.44. The van der Waals surface area contributed by atoms with E-state index in [-0.39, 0.29) is 18.0 Å². The summed E-state index contributed by atoms with van der Waals surface area (Å²) in [7, 11) is 1.57. The number of aromatic nitrogens is 2. The van der Waals surface area contributed by atoms with E-state index in [0.29, 0.717) is 33.9 Å². The predicted molar refractivity (Wildman–Crippen MR) is 132 cm³/mol. The molecule has 1 saturated heterocycles. The monoisotopic (exact) mass is 465 g/mol. The van der Waals surface area contributed by atoms with Crippen molar-refractivity contribution in [1.82, 2.24) is 9.24 Å². The number of nitrogen functional groups attached to an aromatic ring is 1. The highest BCUT2D eigenvalue weighted by Crippen LogP contribution is 2.42. The summed E-state index contributed by atoms with van der Waals surface area (Å²) in [5, 5.41) is 0.381. The molecule has 2 aromatic carbocycles. The van der Waals surface area contributed by atoms with Crippen LogP contribution in [0.25, 0.3) is 10.9 Å². The van der Waals surface area contributed by atoms with Crippen molar-refractivity contribution in [2.24, 2.45) is 17.6 Å². The van der Waals surface area contributed by atoms with Gasteiger partial charge in [0.1, 0.15) is 17.9 Å². The number of anilines is 1. The first-order chi connectivity index (χ1) is 16.4. The normalized spacial score (nSPS) is 21.1. The summed E-state index contributed by atoms with van der Waals surface area (Å²) in [4.78, 5) is 27.8. The lowest BCUT2D eigenvalue weighted by Gasteiger charge is -2.25. The van der Waals surface area contributed by atoms with Crippen molar-refractivity contribution in [3.8, 4) is 11.5 Å². The molecule has 0 spiro atoms. The molecule has 34 heavy (non-hydrogen) atoms. The average Bonchev–Trinajstić information content (AvgIpc) is 3.61. The third-order valence-corrected chi connectivity index (χ3v) is 7.08. The average molecular weight is 466 g/mol. The lowest BCUT2D eigenvalue weighted by atomic mass is 9.91. The van der Waals surface area contributed by atoms with Crippen LogP contribution in [0.1, 0.15) is 25.8 Å². The molecule has 1 saturated carbocycles. The van der Waals surface area contributed by atoms with E-state index in [1.54, 1.807) is 17.7 Å². The molecule has 3 aromatic rings. The van der Waals surface area contributed by atoms with Gasteiger partial charge in [0.05, 0.1) is 18.2 Å². The number of methoxy groups -OCH3 is 1. The molecule has 2 heterocycles. The first-order valence-corrected chi connectivity index (χ1v) is 11.7. The predicted octanol–water partition coefficient (Wildman–Crippen LogP) is 1.70. The van der Waals surface area contributed by atoms with Crippen LogP contribution in [0.15, 0.2) is 52.1 Å². The summed E-state index contributed by atoms with van der Waals surface area (Å²) in [6.45, 7) is 4.13. The zero-order chi connectivity index (χ0) is 24.0. The number of nitrogens with zero attached hydrogens (tertiary/aromatic N) is 3. The number of ether oxygens (including phenoxy) is 2. The van der Waals surface area contributed by atoms with Gasteiger partial charge in [-0.3, -0.25) is 9.36 Å². The van der Waals surface area contributed by atoms with Gasteiger partial charge in [-0.2, -0.15) is 4.68 Å². The van der Waals surface area contributed by atoms with Gasteiger partial charge >= 0.3 is 5.69 Å². The summed E-state index contributed by atoms with van der Waals surface area (Å²) >= 11 is 0. The van der Waals surface area contributed by atoms with Crippen molar-refractivity contribution in [2.75, 3.05) is 37.5 Å². The van der Waals surface area contributed by atoms with Crippen LogP contribution in [-0.4, -0.2) is 42.1 Å². The van der Waals surface area contributed by atoms with E-state index in [1.807, 2.05) is 36.4 Å². The van der Waals surface area contributed by atoms with Crippen molar-refractivity contribution in [2.45, 2.75) is 31.8 Å². The highest BCUT2D eigenvalue weighted by molar-refractivity contribution is 5.90. The minimum absolute atomic E-state index is 0.0309. The number of nitrogens with two attached hydrogens (primary N) is 2. The molecular formula is C25H31N5O4. The van der Waals surface area contributed by atoms with Crippen molar-refractivity contribution in [1.29, 1.82) is 0 Å². The second-order valence-corrected chi connectivity index (χ2v) is 9.41. The van der Waals surface area contributed by atoms with E-state index < -0.39 is 11.2 Å². The highest BCUT2D eigenvalue weighted by Gasteiger charge is 2.37. The summed E-state index contributed by atoms with van der Waals surface area (Å²) in [5.74, 6) is 7.68. The Labute approximate surface area is 197 Å². The van der Waals surface area contributed by atoms with Gasteiger partial charge in [-0.15, -0.1) is 0 Å². The largest absolute Gasteiger partial charge is 0.492 e. The molecule has 0 radical (unpaired) electrons. The Balaban J connectivity index is 1.46. The van der Waals surface area contributed by atoms with Crippen LogP contribution in [-0.2, 0) is 0 Å². The smallest absolute Gasteiger partial charge is 0.350 e. The zero-order valence-electron chi connectivity index (χ0n) is 19.5. The van der Waals surface area contributed by atoms with E-state index >= 15 is 0 Å². The van der Waals surface area contributed by atoms with E-state index in [2.05, 4.69) is 11.8 Å². The number of hydrogen-bond donors (Lipinski definition) is 2. The van der Waals surface area contributed by atoms with Crippen LogP contribution < -0.4 is 37.2 Å². The molecule has 1 aliphatic heterocycles. The quantitative estimate of drug-likeness (QED) is 0.510. The molecule has 5 rings (SSSR count). The van der Waals surface area contributed by atoms with Gasteiger partial charge in [0.15, 0.2) is 5.75 Å². The van der Waals surface area contributed by atoms with Crippen LogP contribution in [0.3, 0.4) is 0 Å². The Morgan fingerprint density at radius 1 is 1.09 bits per heavy atom. The Morgan fingerprint density at radius 2 is 1.82 bits per heavy atom. The molecule has 180 valence electrons. The molecule has 1 aromatic heterocycles. The summed E-state index contributed by atoms with van der Waals surface area (Å²) in [6.07, 6.45) is 1.75. The summed E-state index contributed by atoms with van der Waals surface area (Å²) < 4.78 is 14.0. The van der Waals surface area contributed by atoms with Gasteiger partial charge in [-0.05, 0) is 48.9 Å². The van der Waals surface area contributed by atoms with Gasteiger partial charge in [0.2, 0.25) is 0 Å². The Morgan fingerprint density at radius 3 is 2.50 bits per heavy atom. The van der Waals surface area contributed by atoms with E-state index in [1.165, 1.54) is 0 Å². The minimum atomic E-state index is -0.519. The van der Waals surface area contributed by atoms with Gasteiger partial charge < -0.3 is 25.9 Å². The minimum Gasteiger partial charge on any atom is -0.492 e. The number of rotatable bonds is 7. The van der Waals surface area contributed by atoms with Gasteiger partial charge in [-0.25, -0.2) is 4.79 Å². The number of hydrogen-bond acceptors (Lipinski definition) is 7. The van der Waals surface area contributed by atoms with E-state index in [4.69, 9.17) is 21.1 Å². The van der Waals surface area contributed by atoms with Crippen LogP contribution in [0.2, 0.25) is 0 Å². The molecule has 4 N–H and O–H groups in total. The van der Waals surface area contributed by atoms with E-state index in [9.17, 15) is 9.59 Å². The van der Waals surface area contributed by atoms with Crippen molar-refractivity contribution < 1.29 is 9.47 Å². The Kier molecular flexibility index (Phi) is 5.73. The maximum absolute atomic E-state index is 12.9. The van der Waals surface area contributed by atoms with Crippen molar-refractivity contribution in [3.05, 3.63) is 63.3 Å². The maximum Gasteiger partial charge on any atom is 0.350 e. The molecule has 2 fully saturated rings.